The zero-order valence-electron chi connectivity index (χ0n) is 22.4. The lowest BCUT2D eigenvalue weighted by molar-refractivity contribution is -0.121. The number of anilines is 2. The highest BCUT2D eigenvalue weighted by Crippen LogP contribution is 2.27. The van der Waals surface area contributed by atoms with Crippen molar-refractivity contribution < 1.29 is 18.7 Å². The third kappa shape index (κ3) is 11.6. The van der Waals surface area contributed by atoms with Gasteiger partial charge in [-0.1, -0.05) is 76.9 Å². The lowest BCUT2D eigenvalue weighted by Crippen LogP contribution is -2.34. The molecule has 1 saturated heterocycles. The first-order chi connectivity index (χ1) is 17.8. The topological polar surface area (TPSA) is 61.9 Å². The molecule has 1 fully saturated rings. The molecule has 37 heavy (non-hydrogen) atoms. The maximum atomic E-state index is 14.4. The van der Waals surface area contributed by atoms with E-state index in [2.05, 4.69) is 12.2 Å². The fraction of sp³-hybridized carbons (Fsp3) is 0.679. The minimum Gasteiger partial charge on any atom is -0.442 e. The van der Waals surface area contributed by atoms with Gasteiger partial charge in [-0.05, 0) is 37.5 Å². The number of hydrogen-bond donors (Lipinski definition) is 2. The predicted molar refractivity (Wildman–Crippen MR) is 158 cm³/mol. The smallest absolute Gasteiger partial charge is 0.414 e. The first-order valence-electron chi connectivity index (χ1n) is 13.8. The van der Waals surface area contributed by atoms with E-state index in [9.17, 15) is 14.0 Å². The van der Waals surface area contributed by atoms with Crippen LogP contribution in [-0.4, -0.2) is 49.0 Å². The average Bonchev–Trinajstić information content (AvgIpc) is 3.26. The van der Waals surface area contributed by atoms with Crippen LogP contribution in [0.25, 0.3) is 0 Å². The van der Waals surface area contributed by atoms with Gasteiger partial charge in [-0.3, -0.25) is 9.69 Å². The molecule has 6 nitrogen and oxygen atoms in total. The Hall–Kier alpha value is -1.87. The van der Waals surface area contributed by atoms with Gasteiger partial charge in [0.05, 0.1) is 30.0 Å². The maximum absolute atomic E-state index is 14.4. The van der Waals surface area contributed by atoms with Crippen molar-refractivity contribution in [2.45, 2.75) is 102 Å². The number of rotatable bonds is 19. The van der Waals surface area contributed by atoms with Crippen LogP contribution in [0, 0.1) is 5.82 Å². The van der Waals surface area contributed by atoms with E-state index in [4.69, 9.17) is 29.6 Å². The van der Waals surface area contributed by atoms with Crippen molar-refractivity contribution in [2.75, 3.05) is 29.9 Å². The van der Waals surface area contributed by atoms with Crippen LogP contribution in [-0.2, 0) is 9.53 Å². The summed E-state index contributed by atoms with van der Waals surface area (Å²) in [5, 5.41) is 3.18. The van der Waals surface area contributed by atoms with E-state index in [1.54, 1.807) is 19.2 Å². The quantitative estimate of drug-likeness (QED) is 0.109. The summed E-state index contributed by atoms with van der Waals surface area (Å²) in [6.07, 6.45) is 14.1. The first kappa shape index (κ1) is 31.3. The molecule has 0 saturated carbocycles. The van der Waals surface area contributed by atoms with Crippen LogP contribution in [0.1, 0.15) is 90.4 Å². The molecule has 208 valence electrons. The third-order valence-corrected chi connectivity index (χ3v) is 7.60. The number of nitrogens with zero attached hydrogens (tertiary/aromatic N) is 2. The van der Waals surface area contributed by atoms with Crippen LogP contribution < -0.4 is 15.1 Å². The van der Waals surface area contributed by atoms with Crippen molar-refractivity contribution in [3.63, 3.8) is 0 Å². The molecule has 0 aliphatic carbocycles. The van der Waals surface area contributed by atoms with Gasteiger partial charge in [0.2, 0.25) is 5.91 Å². The zero-order valence-corrected chi connectivity index (χ0v) is 24.1. The number of benzene rings is 1. The monoisotopic (exact) mass is 553 g/mol. The minimum atomic E-state index is -0.552. The first-order valence-corrected chi connectivity index (χ1v) is 14.7. The number of carbonyl (C=O) groups is 2. The fourth-order valence-electron chi connectivity index (χ4n) is 4.49. The molecule has 1 N–H and O–H groups in total. The molecule has 2 atom stereocenters. The summed E-state index contributed by atoms with van der Waals surface area (Å²) in [5.74, 6) is -0.539. The molecule has 2 rings (SSSR count). The summed E-state index contributed by atoms with van der Waals surface area (Å²) in [6.45, 7) is 2.73. The Morgan fingerprint density at radius 1 is 1.19 bits per heavy atom. The number of cyclic esters (lactones) is 1. The lowest BCUT2D eigenvalue weighted by Gasteiger charge is -2.17. The zero-order chi connectivity index (χ0) is 27.0. The molecule has 1 aliphatic rings. The van der Waals surface area contributed by atoms with Gasteiger partial charge in [0.25, 0.3) is 0 Å². The van der Waals surface area contributed by atoms with Crippen molar-refractivity contribution in [3.05, 3.63) is 24.0 Å². The van der Waals surface area contributed by atoms with E-state index in [-0.39, 0.29) is 19.0 Å². The summed E-state index contributed by atoms with van der Waals surface area (Å²) in [6, 6.07) is 4.51. The molecule has 0 spiro atoms. The van der Waals surface area contributed by atoms with Crippen LogP contribution >= 0.6 is 24.8 Å². The second-order valence-corrected chi connectivity index (χ2v) is 10.9. The number of thiocarbonyl (C=S) groups is 1. The van der Waals surface area contributed by atoms with Gasteiger partial charge in [-0.2, -0.15) is 12.6 Å². The van der Waals surface area contributed by atoms with E-state index in [1.807, 2.05) is 0 Å². The summed E-state index contributed by atoms with van der Waals surface area (Å²) in [7, 11) is 1.66. The highest BCUT2D eigenvalue weighted by Gasteiger charge is 2.33. The Morgan fingerprint density at radius 3 is 2.49 bits per heavy atom. The maximum Gasteiger partial charge on any atom is 0.414 e. The van der Waals surface area contributed by atoms with E-state index < -0.39 is 18.0 Å². The molecule has 9 heteroatoms. The number of halogens is 1. The molecule has 1 unspecified atom stereocenters. The number of thiol groups is 1. The number of unbranched alkanes of at least 4 members (excludes halogenated alkanes) is 8. The second kappa shape index (κ2) is 17.6. The van der Waals surface area contributed by atoms with Crippen LogP contribution in [0.3, 0.4) is 0 Å². The molecule has 1 aliphatic heterocycles. The van der Waals surface area contributed by atoms with Crippen LogP contribution in [0.2, 0.25) is 0 Å². The lowest BCUT2D eigenvalue weighted by atomic mass is 10.0. The van der Waals surface area contributed by atoms with Crippen LogP contribution in [0.5, 0.6) is 0 Å². The van der Waals surface area contributed by atoms with Crippen molar-refractivity contribution in [1.82, 2.24) is 5.32 Å². The van der Waals surface area contributed by atoms with Crippen molar-refractivity contribution >= 4 is 53.7 Å². The molecule has 2 amide bonds. The largest absolute Gasteiger partial charge is 0.442 e. The summed E-state index contributed by atoms with van der Waals surface area (Å²) >= 11 is 9.52. The van der Waals surface area contributed by atoms with Crippen molar-refractivity contribution in [3.8, 4) is 0 Å². The van der Waals surface area contributed by atoms with Gasteiger partial charge in [-0.15, -0.1) is 0 Å². The number of nitrogens with one attached hydrogen (secondary N) is 1. The highest BCUT2D eigenvalue weighted by atomic mass is 32.1. The molecular weight excluding hydrogens is 509 g/mol. The molecular formula is C28H44FN3O3S2. The van der Waals surface area contributed by atoms with Gasteiger partial charge in [0, 0.05) is 18.7 Å². The summed E-state index contributed by atoms with van der Waals surface area (Å²) < 4.78 is 19.8. The molecule has 1 heterocycles. The Balaban J connectivity index is 1.58. The van der Waals surface area contributed by atoms with Crippen LogP contribution in [0.15, 0.2) is 18.2 Å². The van der Waals surface area contributed by atoms with Crippen LogP contribution in [0.4, 0.5) is 20.6 Å². The van der Waals surface area contributed by atoms with Crippen molar-refractivity contribution in [1.29, 1.82) is 0 Å². The standard InChI is InChI=1S/C28H44FN3O3S2/c1-3-4-5-6-7-8-9-10-11-13-24(37)14-12-15-27(33)30-19-23-20-32(28(34)35-23)22-16-17-26(25(29)18-22)31(2)21-36/h16-18,21,23-24,37H,3-15,19-20H2,1-2H3,(H,30,33)/t23-,24?/m0/s1. The molecule has 1 aromatic rings. The molecule has 0 radical (unpaired) electrons. The van der Waals surface area contributed by atoms with Gasteiger partial charge >= 0.3 is 6.09 Å². The van der Waals surface area contributed by atoms with Gasteiger partial charge in [-0.25, -0.2) is 9.18 Å². The van der Waals surface area contributed by atoms with E-state index >= 15 is 0 Å². The minimum absolute atomic E-state index is 0.0586. The summed E-state index contributed by atoms with van der Waals surface area (Å²) in [4.78, 5) is 27.4. The average molecular weight is 554 g/mol. The number of amides is 2. The highest BCUT2D eigenvalue weighted by molar-refractivity contribution is 7.80. The Morgan fingerprint density at radius 2 is 1.84 bits per heavy atom. The Labute approximate surface area is 233 Å². The summed E-state index contributed by atoms with van der Waals surface area (Å²) in [5.41, 5.74) is 2.08. The van der Waals surface area contributed by atoms with Gasteiger partial charge in [0.1, 0.15) is 11.9 Å². The number of hydrogen-bond acceptors (Lipinski definition) is 5. The molecule has 0 aromatic heterocycles. The normalized spacial score (nSPS) is 15.9. The SMILES string of the molecule is CCCCCCCCCCCC(S)CCCC(=O)NC[C@H]1CN(c2ccc(N(C)C=S)c(F)c2)C(=O)O1. The number of ether oxygens (including phenoxy) is 1. The van der Waals surface area contributed by atoms with Gasteiger partial charge in [0.15, 0.2) is 0 Å². The Kier molecular flexibility index (Phi) is 14.9. The fourth-order valence-corrected chi connectivity index (χ4v) is 4.97. The van der Waals surface area contributed by atoms with E-state index in [1.165, 1.54) is 79.1 Å². The van der Waals surface area contributed by atoms with Crippen molar-refractivity contribution in [2.24, 2.45) is 0 Å². The third-order valence-electron chi connectivity index (χ3n) is 6.76. The van der Waals surface area contributed by atoms with E-state index in [0.717, 1.165) is 19.3 Å². The van der Waals surface area contributed by atoms with Gasteiger partial charge < -0.3 is 15.0 Å². The predicted octanol–water partition coefficient (Wildman–Crippen LogP) is 7.05. The number of carbonyl (C=O) groups excluding carboxylic acids is 2. The molecule has 1 aromatic carbocycles. The van der Waals surface area contributed by atoms with E-state index in [0.29, 0.717) is 23.0 Å². The Bertz CT molecular complexity index is 858. The second-order valence-electron chi connectivity index (χ2n) is 9.94. The molecule has 0 bridgehead atoms.